The summed E-state index contributed by atoms with van der Waals surface area (Å²) in [5.74, 6) is 0. The van der Waals surface area contributed by atoms with Gasteiger partial charge >= 0.3 is 0 Å². The zero-order valence-electron chi connectivity index (χ0n) is 4.95. The largest absolute Gasteiger partial charge is 0.225 e. The first-order chi connectivity index (χ1) is 4.86. The van der Waals surface area contributed by atoms with E-state index in [1.165, 1.54) is 0 Å². The zero-order chi connectivity index (χ0) is 6.97. The summed E-state index contributed by atoms with van der Waals surface area (Å²) in [4.78, 5) is 3.88. The second-order valence-corrected chi connectivity index (χ2v) is 2.22. The molecule has 10 heavy (non-hydrogen) atoms. The molecule has 0 atom stereocenters. The molecule has 0 saturated carbocycles. The molecule has 0 aliphatic heterocycles. The van der Waals surface area contributed by atoms with Gasteiger partial charge in [0.15, 0.2) is 5.65 Å². The average molecular weight is 153 g/mol. The van der Waals surface area contributed by atoms with Gasteiger partial charge in [-0.2, -0.15) is 5.10 Å². The summed E-state index contributed by atoms with van der Waals surface area (Å²) < 4.78 is 1.57. The van der Waals surface area contributed by atoms with Crippen molar-refractivity contribution >= 4 is 17.2 Å². The normalized spacial score (nSPS) is 10.5. The van der Waals surface area contributed by atoms with Gasteiger partial charge in [-0.1, -0.05) is 11.6 Å². The van der Waals surface area contributed by atoms with E-state index in [2.05, 4.69) is 16.3 Å². The van der Waals surface area contributed by atoms with E-state index >= 15 is 0 Å². The molecule has 2 aromatic rings. The van der Waals surface area contributed by atoms with Crippen LogP contribution in [-0.4, -0.2) is 14.6 Å². The van der Waals surface area contributed by atoms with Crippen LogP contribution in [0.2, 0.25) is 5.15 Å². The molecule has 0 aliphatic carbocycles. The Balaban J connectivity index is 2.86. The van der Waals surface area contributed by atoms with E-state index in [9.17, 15) is 0 Å². The lowest BCUT2D eigenvalue weighted by atomic mass is 10.6. The molecule has 0 amide bonds. The third kappa shape index (κ3) is 0.752. The average Bonchev–Trinajstić information content (AvgIpc) is 2.33. The van der Waals surface area contributed by atoms with Crippen LogP contribution in [0.3, 0.4) is 0 Å². The number of nitrogens with zero attached hydrogens (tertiary/aromatic N) is 3. The molecule has 3 nitrogen and oxygen atoms in total. The van der Waals surface area contributed by atoms with Crippen LogP contribution in [-0.2, 0) is 0 Å². The standard InChI is InChI=1S/C6H3ClN3/c7-5-1-2-6-8-3-4-10(6)9-5/h1-2,4H. The highest BCUT2D eigenvalue weighted by atomic mass is 35.5. The van der Waals surface area contributed by atoms with Gasteiger partial charge in [-0.05, 0) is 12.1 Å². The molecular formula is C6H3ClN3. The van der Waals surface area contributed by atoms with Crippen molar-refractivity contribution in [1.82, 2.24) is 14.6 Å². The summed E-state index contributed by atoms with van der Waals surface area (Å²) in [6, 6.07) is 3.48. The SMILES string of the molecule is Clc1ccc2n[c]cn2n1. The van der Waals surface area contributed by atoms with Crippen molar-refractivity contribution in [3.8, 4) is 0 Å². The number of halogens is 1. The van der Waals surface area contributed by atoms with Crippen molar-refractivity contribution in [3.05, 3.63) is 29.7 Å². The Labute approximate surface area is 62.3 Å². The fourth-order valence-electron chi connectivity index (χ4n) is 0.740. The van der Waals surface area contributed by atoms with Gasteiger partial charge in [0, 0.05) is 0 Å². The molecule has 49 valence electrons. The van der Waals surface area contributed by atoms with Crippen molar-refractivity contribution in [2.75, 3.05) is 0 Å². The minimum absolute atomic E-state index is 0.457. The van der Waals surface area contributed by atoms with Gasteiger partial charge in [0.2, 0.25) is 0 Å². The Morgan fingerprint density at radius 3 is 3.30 bits per heavy atom. The Morgan fingerprint density at radius 2 is 2.40 bits per heavy atom. The van der Waals surface area contributed by atoms with Crippen molar-refractivity contribution in [1.29, 1.82) is 0 Å². The van der Waals surface area contributed by atoms with Crippen LogP contribution < -0.4 is 0 Å². The summed E-state index contributed by atoms with van der Waals surface area (Å²) in [5.41, 5.74) is 0.754. The van der Waals surface area contributed by atoms with E-state index in [1.54, 1.807) is 22.8 Å². The molecule has 0 N–H and O–H groups in total. The predicted octanol–water partition coefficient (Wildman–Crippen LogP) is 1.18. The minimum Gasteiger partial charge on any atom is -0.225 e. The summed E-state index contributed by atoms with van der Waals surface area (Å²) in [6.07, 6.45) is 4.28. The Hall–Kier alpha value is -1.09. The molecule has 0 fully saturated rings. The van der Waals surface area contributed by atoms with E-state index in [4.69, 9.17) is 11.6 Å². The molecule has 2 aromatic heterocycles. The monoisotopic (exact) mass is 152 g/mol. The van der Waals surface area contributed by atoms with Gasteiger partial charge in [-0.15, -0.1) is 0 Å². The molecular weight excluding hydrogens is 150 g/mol. The highest BCUT2D eigenvalue weighted by Crippen LogP contribution is 2.04. The first-order valence-corrected chi connectivity index (χ1v) is 3.12. The summed E-state index contributed by atoms with van der Waals surface area (Å²) in [5, 5.41) is 4.38. The molecule has 0 spiro atoms. The highest BCUT2D eigenvalue weighted by molar-refractivity contribution is 6.29. The maximum absolute atomic E-state index is 5.60. The first-order valence-electron chi connectivity index (χ1n) is 2.74. The number of hydrogen-bond acceptors (Lipinski definition) is 2. The van der Waals surface area contributed by atoms with Crippen LogP contribution in [0.15, 0.2) is 18.3 Å². The number of fused-ring (bicyclic) bond motifs is 1. The molecule has 4 heteroatoms. The lowest BCUT2D eigenvalue weighted by Gasteiger charge is -1.89. The van der Waals surface area contributed by atoms with Crippen LogP contribution in [0, 0.1) is 6.20 Å². The van der Waals surface area contributed by atoms with E-state index in [0.29, 0.717) is 5.15 Å². The van der Waals surface area contributed by atoms with E-state index in [0.717, 1.165) is 5.65 Å². The number of aromatic nitrogens is 3. The smallest absolute Gasteiger partial charge is 0.154 e. The quantitative estimate of drug-likeness (QED) is 0.568. The summed E-state index contributed by atoms with van der Waals surface area (Å²) in [6.45, 7) is 0. The Morgan fingerprint density at radius 1 is 1.50 bits per heavy atom. The molecule has 1 radical (unpaired) electrons. The predicted molar refractivity (Wildman–Crippen MR) is 36.8 cm³/mol. The van der Waals surface area contributed by atoms with E-state index in [-0.39, 0.29) is 0 Å². The van der Waals surface area contributed by atoms with Crippen molar-refractivity contribution in [2.24, 2.45) is 0 Å². The Bertz CT molecular complexity index is 355. The first kappa shape index (κ1) is 5.68. The van der Waals surface area contributed by atoms with Gasteiger partial charge in [0.25, 0.3) is 0 Å². The van der Waals surface area contributed by atoms with Crippen molar-refractivity contribution < 1.29 is 0 Å². The van der Waals surface area contributed by atoms with Crippen molar-refractivity contribution in [2.45, 2.75) is 0 Å². The third-order valence-electron chi connectivity index (χ3n) is 1.17. The molecule has 2 heterocycles. The van der Waals surface area contributed by atoms with Crippen molar-refractivity contribution in [3.63, 3.8) is 0 Å². The van der Waals surface area contributed by atoms with Gasteiger partial charge in [0.1, 0.15) is 11.3 Å². The second kappa shape index (κ2) is 1.95. The van der Waals surface area contributed by atoms with Crippen LogP contribution in [0.4, 0.5) is 0 Å². The molecule has 0 unspecified atom stereocenters. The van der Waals surface area contributed by atoms with Gasteiger partial charge in [0.05, 0.1) is 6.20 Å². The fourth-order valence-corrected chi connectivity index (χ4v) is 0.885. The van der Waals surface area contributed by atoms with Gasteiger partial charge in [-0.3, -0.25) is 0 Å². The molecule has 0 bridgehead atoms. The highest BCUT2D eigenvalue weighted by Gasteiger charge is 1.93. The topological polar surface area (TPSA) is 30.2 Å². The molecule has 0 saturated heterocycles. The Kier molecular flexibility index (Phi) is 1.11. The third-order valence-corrected chi connectivity index (χ3v) is 1.37. The fraction of sp³-hybridized carbons (Fsp3) is 0. The number of rotatable bonds is 0. The second-order valence-electron chi connectivity index (χ2n) is 1.83. The van der Waals surface area contributed by atoms with Crippen LogP contribution >= 0.6 is 11.6 Å². The van der Waals surface area contributed by atoms with Crippen LogP contribution in [0.25, 0.3) is 5.65 Å². The number of hydrogen-bond donors (Lipinski definition) is 0. The minimum atomic E-state index is 0.457. The van der Waals surface area contributed by atoms with E-state index < -0.39 is 0 Å². The maximum Gasteiger partial charge on any atom is 0.154 e. The van der Waals surface area contributed by atoms with E-state index in [1.807, 2.05) is 0 Å². The summed E-state index contributed by atoms with van der Waals surface area (Å²) >= 11 is 5.60. The molecule has 0 aromatic carbocycles. The maximum atomic E-state index is 5.60. The lowest BCUT2D eigenvalue weighted by Crippen LogP contribution is -1.88. The molecule has 2 rings (SSSR count). The van der Waals surface area contributed by atoms with Gasteiger partial charge in [-0.25, -0.2) is 9.50 Å². The van der Waals surface area contributed by atoms with Gasteiger partial charge < -0.3 is 0 Å². The number of imidazole rings is 1. The van der Waals surface area contributed by atoms with Crippen LogP contribution in [0.1, 0.15) is 0 Å². The summed E-state index contributed by atoms with van der Waals surface area (Å²) in [7, 11) is 0. The van der Waals surface area contributed by atoms with Crippen LogP contribution in [0.5, 0.6) is 0 Å². The molecule has 0 aliphatic rings. The lowest BCUT2D eigenvalue weighted by molar-refractivity contribution is 0.936. The zero-order valence-corrected chi connectivity index (χ0v) is 5.71.